The first kappa shape index (κ1) is 28.9. The van der Waals surface area contributed by atoms with Gasteiger partial charge in [-0.05, 0) is 66.8 Å². The summed E-state index contributed by atoms with van der Waals surface area (Å²) in [5, 5.41) is 3.04. The average molecular weight is 598 g/mol. The lowest BCUT2D eigenvalue weighted by molar-refractivity contribution is 0.0935. The molecule has 0 saturated heterocycles. The summed E-state index contributed by atoms with van der Waals surface area (Å²) in [4.78, 5) is 48.5. The number of fused-ring (bicyclic) bond motifs is 2. The summed E-state index contributed by atoms with van der Waals surface area (Å²) in [6.45, 7) is 5.86. The molecule has 1 aliphatic heterocycles. The van der Waals surface area contributed by atoms with Gasteiger partial charge in [-0.15, -0.1) is 0 Å². The number of nitrogens with two attached hydrogens (primary N) is 1. The minimum Gasteiger partial charge on any atom is -0.408 e. The summed E-state index contributed by atoms with van der Waals surface area (Å²) in [7, 11) is 0. The number of hydrogen-bond acceptors (Lipinski definition) is 6. The second kappa shape index (κ2) is 10.8. The van der Waals surface area contributed by atoms with Crippen LogP contribution >= 0.6 is 0 Å². The van der Waals surface area contributed by atoms with E-state index in [4.69, 9.17) is 15.1 Å². The molecule has 224 valence electrons. The van der Waals surface area contributed by atoms with Crippen LogP contribution in [0.15, 0.2) is 70.0 Å². The van der Waals surface area contributed by atoms with E-state index in [1.165, 1.54) is 28.8 Å². The van der Waals surface area contributed by atoms with Crippen molar-refractivity contribution in [2.75, 3.05) is 0 Å². The van der Waals surface area contributed by atoms with Gasteiger partial charge < -0.3 is 15.5 Å². The van der Waals surface area contributed by atoms with E-state index in [0.29, 0.717) is 46.6 Å². The van der Waals surface area contributed by atoms with Crippen molar-refractivity contribution in [3.8, 4) is 11.1 Å². The zero-order chi connectivity index (χ0) is 31.3. The SMILES string of the molecule is CC(C)Cc1nc2c(c(-c3ccc4c(c3)oc(=O)n4Cc3ccc(F)cn3)c1C(N)=O)C(=O)N[C@@]2(C)Cc1ccc(F)cc1. The van der Waals surface area contributed by atoms with Crippen LogP contribution in [0, 0.1) is 17.6 Å². The van der Waals surface area contributed by atoms with Crippen LogP contribution in [0.25, 0.3) is 22.2 Å². The molecule has 11 heteroatoms. The monoisotopic (exact) mass is 597 g/mol. The third kappa shape index (κ3) is 5.14. The van der Waals surface area contributed by atoms with E-state index < -0.39 is 28.9 Å². The summed E-state index contributed by atoms with van der Waals surface area (Å²) in [5.74, 6) is -2.59. The first-order valence-corrected chi connectivity index (χ1v) is 14.1. The fourth-order valence-corrected chi connectivity index (χ4v) is 5.89. The van der Waals surface area contributed by atoms with Crippen molar-refractivity contribution < 1.29 is 22.8 Å². The van der Waals surface area contributed by atoms with Crippen molar-refractivity contribution in [1.29, 1.82) is 0 Å². The summed E-state index contributed by atoms with van der Waals surface area (Å²) in [6.07, 6.45) is 1.81. The third-order valence-electron chi connectivity index (χ3n) is 7.80. The lowest BCUT2D eigenvalue weighted by Gasteiger charge is -2.26. The van der Waals surface area contributed by atoms with E-state index in [1.54, 1.807) is 30.3 Å². The quantitative estimate of drug-likeness (QED) is 0.262. The molecule has 5 aromatic rings. The average Bonchev–Trinajstić information content (AvgIpc) is 3.40. The molecule has 0 aliphatic carbocycles. The Morgan fingerprint density at radius 1 is 1.05 bits per heavy atom. The number of rotatable bonds is 8. The topological polar surface area (TPSA) is 133 Å². The largest absolute Gasteiger partial charge is 0.420 e. The van der Waals surface area contributed by atoms with Crippen LogP contribution in [0.3, 0.4) is 0 Å². The fraction of sp³-hybridized carbons (Fsp3) is 0.242. The van der Waals surface area contributed by atoms with Crippen LogP contribution in [0.4, 0.5) is 8.78 Å². The second-order valence-corrected chi connectivity index (χ2v) is 11.7. The lowest BCUT2D eigenvalue weighted by atomic mass is 9.84. The van der Waals surface area contributed by atoms with Gasteiger partial charge in [-0.25, -0.2) is 13.6 Å². The van der Waals surface area contributed by atoms with E-state index >= 15 is 0 Å². The highest BCUT2D eigenvalue weighted by atomic mass is 19.1. The van der Waals surface area contributed by atoms with Gasteiger partial charge in [-0.3, -0.25) is 24.1 Å². The number of oxazole rings is 1. The highest BCUT2D eigenvalue weighted by molar-refractivity contribution is 6.12. The molecule has 0 spiro atoms. The Bertz CT molecular complexity index is 2000. The number of hydrogen-bond donors (Lipinski definition) is 2. The molecule has 1 atom stereocenters. The number of carbonyl (C=O) groups is 2. The number of carbonyl (C=O) groups excluding carboxylic acids is 2. The maximum atomic E-state index is 13.7. The van der Waals surface area contributed by atoms with Gasteiger partial charge in [0.05, 0.1) is 52.0 Å². The standard InChI is InChI=1S/C33H29F2N5O4/c1-17(2)12-23-27(30(36)41)26(28-29(38-23)33(3,39-31(28)42)14-18-4-7-20(34)8-5-18)19-6-11-24-25(13-19)44-32(43)40(24)16-22-10-9-21(35)15-37-22/h4-11,13,15,17H,12,14,16H2,1-3H3,(H2,36,41)(H,39,42)/t33-/m0/s1. The minimum atomic E-state index is -0.969. The highest BCUT2D eigenvalue weighted by Crippen LogP contribution is 2.41. The Balaban J connectivity index is 1.54. The molecule has 1 aliphatic rings. The van der Waals surface area contributed by atoms with Crippen LogP contribution in [-0.4, -0.2) is 26.3 Å². The number of aromatic nitrogens is 3. The Hall–Kier alpha value is -5.19. The molecule has 0 fully saturated rings. The smallest absolute Gasteiger partial charge is 0.408 e. The number of benzene rings is 2. The molecule has 2 aromatic carbocycles. The summed E-state index contributed by atoms with van der Waals surface area (Å²) in [6, 6.07) is 13.7. The number of pyridine rings is 2. The zero-order valence-electron chi connectivity index (χ0n) is 24.3. The molecular formula is C33H29F2N5O4. The van der Waals surface area contributed by atoms with E-state index in [1.807, 2.05) is 20.8 Å². The summed E-state index contributed by atoms with van der Waals surface area (Å²) >= 11 is 0. The number of primary amides is 1. The Labute approximate surface area is 250 Å². The molecule has 44 heavy (non-hydrogen) atoms. The summed E-state index contributed by atoms with van der Waals surface area (Å²) in [5.41, 5.74) is 8.86. The van der Waals surface area contributed by atoms with Gasteiger partial charge in [-0.1, -0.05) is 32.0 Å². The number of amides is 2. The Kier molecular flexibility index (Phi) is 7.11. The predicted octanol–water partition coefficient (Wildman–Crippen LogP) is 4.88. The predicted molar refractivity (Wildman–Crippen MR) is 159 cm³/mol. The molecule has 0 radical (unpaired) electrons. The van der Waals surface area contributed by atoms with Crippen LogP contribution in [0.5, 0.6) is 0 Å². The molecule has 0 saturated carbocycles. The van der Waals surface area contributed by atoms with E-state index in [-0.39, 0.29) is 35.0 Å². The van der Waals surface area contributed by atoms with Crippen LogP contribution in [0.1, 0.15) is 64.1 Å². The van der Waals surface area contributed by atoms with E-state index in [9.17, 15) is 23.2 Å². The van der Waals surface area contributed by atoms with Crippen LogP contribution in [-0.2, 0) is 24.9 Å². The Morgan fingerprint density at radius 3 is 2.43 bits per heavy atom. The molecule has 2 amide bonds. The van der Waals surface area contributed by atoms with Crippen molar-refractivity contribution in [2.45, 2.75) is 45.7 Å². The molecule has 3 aromatic heterocycles. The number of nitrogens with zero attached hydrogens (tertiary/aromatic N) is 3. The van der Waals surface area contributed by atoms with Gasteiger partial charge in [-0.2, -0.15) is 0 Å². The van der Waals surface area contributed by atoms with Gasteiger partial charge in [0.1, 0.15) is 11.6 Å². The first-order chi connectivity index (χ1) is 20.9. The summed E-state index contributed by atoms with van der Waals surface area (Å²) < 4.78 is 33.9. The minimum absolute atomic E-state index is 0.0470. The fourth-order valence-electron chi connectivity index (χ4n) is 5.89. The third-order valence-corrected chi connectivity index (χ3v) is 7.80. The lowest BCUT2D eigenvalue weighted by Crippen LogP contribution is -2.39. The molecule has 9 nitrogen and oxygen atoms in total. The van der Waals surface area contributed by atoms with Gasteiger partial charge >= 0.3 is 5.76 Å². The molecule has 3 N–H and O–H groups in total. The molecule has 0 bridgehead atoms. The number of halogens is 2. The van der Waals surface area contributed by atoms with Crippen molar-refractivity contribution in [3.05, 3.63) is 117 Å². The highest BCUT2D eigenvalue weighted by Gasteiger charge is 2.44. The van der Waals surface area contributed by atoms with Gasteiger partial charge in [0.15, 0.2) is 5.58 Å². The van der Waals surface area contributed by atoms with Crippen molar-refractivity contribution >= 4 is 22.9 Å². The first-order valence-electron chi connectivity index (χ1n) is 14.1. The second-order valence-electron chi connectivity index (χ2n) is 11.7. The van der Waals surface area contributed by atoms with Gasteiger partial charge in [0.2, 0.25) is 0 Å². The van der Waals surface area contributed by atoms with Gasteiger partial charge in [0, 0.05) is 12.0 Å². The molecule has 6 rings (SSSR count). The van der Waals surface area contributed by atoms with E-state index in [2.05, 4.69) is 10.3 Å². The Morgan fingerprint density at radius 2 is 1.77 bits per heavy atom. The zero-order valence-corrected chi connectivity index (χ0v) is 24.3. The normalized spacial score (nSPS) is 16.0. The maximum absolute atomic E-state index is 13.7. The molecule has 4 heterocycles. The maximum Gasteiger partial charge on any atom is 0.420 e. The van der Waals surface area contributed by atoms with Crippen molar-refractivity contribution in [3.63, 3.8) is 0 Å². The van der Waals surface area contributed by atoms with Crippen molar-refractivity contribution in [1.82, 2.24) is 19.9 Å². The molecule has 0 unspecified atom stereocenters. The van der Waals surface area contributed by atoms with Crippen LogP contribution in [0.2, 0.25) is 0 Å². The van der Waals surface area contributed by atoms with Crippen molar-refractivity contribution in [2.24, 2.45) is 11.7 Å². The number of nitrogens with one attached hydrogen (secondary N) is 1. The van der Waals surface area contributed by atoms with Gasteiger partial charge in [0.25, 0.3) is 11.8 Å². The van der Waals surface area contributed by atoms with Crippen LogP contribution < -0.4 is 16.8 Å². The molecular weight excluding hydrogens is 568 g/mol. The van der Waals surface area contributed by atoms with E-state index in [0.717, 1.165) is 11.8 Å².